The van der Waals surface area contributed by atoms with Crippen molar-refractivity contribution in [3.05, 3.63) is 34.0 Å². The normalized spacial score (nSPS) is 17.2. The van der Waals surface area contributed by atoms with Crippen molar-refractivity contribution in [2.75, 3.05) is 6.54 Å². The molecule has 1 aliphatic carbocycles. The molecular weight excluding hydrogens is 296 g/mol. The summed E-state index contributed by atoms with van der Waals surface area (Å²) in [5.74, 6) is 0.853. The molecule has 118 valence electrons. The molecule has 22 heavy (non-hydrogen) atoms. The predicted octanol–water partition coefficient (Wildman–Crippen LogP) is 2.67. The molecule has 0 aliphatic heterocycles. The maximum Gasteiger partial charge on any atom is 0.261 e. The second-order valence-corrected chi connectivity index (χ2v) is 6.98. The molecule has 6 heteroatoms. The molecule has 2 aromatic heterocycles. The van der Waals surface area contributed by atoms with Crippen LogP contribution in [0.4, 0.5) is 0 Å². The number of hydrogen-bond acceptors (Lipinski definition) is 4. The summed E-state index contributed by atoms with van der Waals surface area (Å²) in [6, 6.07) is 2.11. The SMILES string of the molecule is CC[C@H]1CCc2sc(C(=O)NCCCn3cncn3)cc2C1. The summed E-state index contributed by atoms with van der Waals surface area (Å²) in [5, 5.41) is 7.05. The fraction of sp³-hybridized carbons (Fsp3) is 0.562. The summed E-state index contributed by atoms with van der Waals surface area (Å²) >= 11 is 1.67. The number of nitrogens with one attached hydrogen (secondary N) is 1. The lowest BCUT2D eigenvalue weighted by atomic mass is 9.87. The van der Waals surface area contributed by atoms with Crippen LogP contribution in [0.1, 0.15) is 46.3 Å². The van der Waals surface area contributed by atoms with E-state index in [-0.39, 0.29) is 5.91 Å². The third-order valence-corrected chi connectivity index (χ3v) is 5.54. The number of carbonyl (C=O) groups excluding carboxylic acids is 1. The van der Waals surface area contributed by atoms with Gasteiger partial charge in [0, 0.05) is 18.0 Å². The Morgan fingerprint density at radius 1 is 1.55 bits per heavy atom. The van der Waals surface area contributed by atoms with Crippen molar-refractivity contribution in [1.82, 2.24) is 20.1 Å². The van der Waals surface area contributed by atoms with E-state index in [2.05, 4.69) is 28.4 Å². The molecular formula is C16H22N4OS. The second kappa shape index (κ2) is 7.05. The van der Waals surface area contributed by atoms with Gasteiger partial charge in [0.1, 0.15) is 12.7 Å². The van der Waals surface area contributed by atoms with Crippen molar-refractivity contribution in [1.29, 1.82) is 0 Å². The highest BCUT2D eigenvalue weighted by molar-refractivity contribution is 7.14. The van der Waals surface area contributed by atoms with Gasteiger partial charge < -0.3 is 5.32 Å². The number of amides is 1. The summed E-state index contributed by atoms with van der Waals surface area (Å²) in [6.45, 7) is 3.70. The zero-order valence-corrected chi connectivity index (χ0v) is 13.7. The summed E-state index contributed by atoms with van der Waals surface area (Å²) < 4.78 is 1.78. The minimum absolute atomic E-state index is 0.0611. The Kier molecular flexibility index (Phi) is 4.87. The van der Waals surface area contributed by atoms with Crippen LogP contribution in [-0.4, -0.2) is 27.2 Å². The number of hydrogen-bond donors (Lipinski definition) is 1. The summed E-state index contributed by atoms with van der Waals surface area (Å²) in [7, 11) is 0. The van der Waals surface area contributed by atoms with Crippen LogP contribution in [0.15, 0.2) is 18.7 Å². The van der Waals surface area contributed by atoms with E-state index in [1.807, 2.05) is 0 Å². The van der Waals surface area contributed by atoms with Crippen LogP contribution in [0.2, 0.25) is 0 Å². The fourth-order valence-electron chi connectivity index (χ4n) is 2.94. The van der Waals surface area contributed by atoms with Crippen LogP contribution in [0.3, 0.4) is 0 Å². The minimum Gasteiger partial charge on any atom is -0.351 e. The highest BCUT2D eigenvalue weighted by Crippen LogP contribution is 2.33. The molecule has 1 amide bonds. The molecule has 0 bridgehead atoms. The highest BCUT2D eigenvalue weighted by atomic mass is 32.1. The van der Waals surface area contributed by atoms with Crippen molar-refractivity contribution >= 4 is 17.2 Å². The van der Waals surface area contributed by atoms with Gasteiger partial charge in [-0.2, -0.15) is 5.10 Å². The topological polar surface area (TPSA) is 59.8 Å². The van der Waals surface area contributed by atoms with Gasteiger partial charge in [0.25, 0.3) is 5.91 Å². The number of carbonyl (C=O) groups is 1. The third-order valence-electron chi connectivity index (χ3n) is 4.30. The Labute approximate surface area is 134 Å². The molecule has 1 aliphatic rings. The average molecular weight is 318 g/mol. The molecule has 0 radical (unpaired) electrons. The van der Waals surface area contributed by atoms with Crippen LogP contribution >= 0.6 is 11.3 Å². The lowest BCUT2D eigenvalue weighted by molar-refractivity contribution is 0.0956. The third kappa shape index (κ3) is 3.55. The van der Waals surface area contributed by atoms with Gasteiger partial charge in [0.05, 0.1) is 4.88 Å². The Morgan fingerprint density at radius 3 is 3.23 bits per heavy atom. The lowest BCUT2D eigenvalue weighted by Crippen LogP contribution is -2.24. The first-order valence-corrected chi connectivity index (χ1v) is 8.80. The summed E-state index contributed by atoms with van der Waals surface area (Å²) in [4.78, 5) is 18.4. The standard InChI is InChI=1S/C16H22N4OS/c1-2-12-4-5-14-13(8-12)9-15(22-14)16(21)18-6-3-7-20-11-17-10-19-20/h9-12H,2-8H2,1H3,(H,18,21)/t12-/m0/s1. The molecule has 0 aromatic carbocycles. The van der Waals surface area contributed by atoms with Gasteiger partial charge >= 0.3 is 0 Å². The van der Waals surface area contributed by atoms with E-state index in [1.165, 1.54) is 29.6 Å². The fourth-order valence-corrected chi connectivity index (χ4v) is 4.06. The van der Waals surface area contributed by atoms with Gasteiger partial charge in [-0.15, -0.1) is 11.3 Å². The lowest BCUT2D eigenvalue weighted by Gasteiger charge is -2.19. The first-order chi connectivity index (χ1) is 10.8. The number of aryl methyl sites for hydroxylation is 2. The Balaban J connectivity index is 1.49. The molecule has 0 spiro atoms. The number of fused-ring (bicyclic) bond motifs is 1. The molecule has 0 fully saturated rings. The largest absolute Gasteiger partial charge is 0.351 e. The van der Waals surface area contributed by atoms with Crippen LogP contribution in [0.25, 0.3) is 0 Å². The molecule has 2 aromatic rings. The van der Waals surface area contributed by atoms with E-state index in [4.69, 9.17) is 0 Å². The minimum atomic E-state index is 0.0611. The summed E-state index contributed by atoms with van der Waals surface area (Å²) in [6.07, 6.45) is 8.86. The van der Waals surface area contributed by atoms with Crippen molar-refractivity contribution in [3.63, 3.8) is 0 Å². The van der Waals surface area contributed by atoms with Gasteiger partial charge in [-0.05, 0) is 43.2 Å². The number of aromatic nitrogens is 3. The Morgan fingerprint density at radius 2 is 2.45 bits per heavy atom. The van der Waals surface area contributed by atoms with Crippen molar-refractivity contribution < 1.29 is 4.79 Å². The first-order valence-electron chi connectivity index (χ1n) is 7.98. The van der Waals surface area contributed by atoms with E-state index >= 15 is 0 Å². The zero-order valence-electron chi connectivity index (χ0n) is 12.9. The molecule has 0 saturated carbocycles. The monoisotopic (exact) mass is 318 g/mol. The van der Waals surface area contributed by atoms with E-state index in [1.54, 1.807) is 22.3 Å². The smallest absolute Gasteiger partial charge is 0.261 e. The second-order valence-electron chi connectivity index (χ2n) is 5.84. The Bertz CT molecular complexity index is 620. The number of rotatable bonds is 6. The van der Waals surface area contributed by atoms with Gasteiger partial charge in [-0.25, -0.2) is 4.98 Å². The van der Waals surface area contributed by atoms with Gasteiger partial charge in [-0.1, -0.05) is 13.3 Å². The molecule has 2 heterocycles. The maximum absolute atomic E-state index is 12.2. The quantitative estimate of drug-likeness (QED) is 0.833. The van der Waals surface area contributed by atoms with E-state index < -0.39 is 0 Å². The Hall–Kier alpha value is -1.69. The van der Waals surface area contributed by atoms with Gasteiger partial charge in [0.2, 0.25) is 0 Å². The maximum atomic E-state index is 12.2. The van der Waals surface area contributed by atoms with E-state index in [0.717, 1.165) is 36.6 Å². The van der Waals surface area contributed by atoms with E-state index in [9.17, 15) is 4.79 Å². The number of nitrogens with zero attached hydrogens (tertiary/aromatic N) is 3. The highest BCUT2D eigenvalue weighted by Gasteiger charge is 2.21. The molecule has 0 unspecified atom stereocenters. The molecule has 5 nitrogen and oxygen atoms in total. The summed E-state index contributed by atoms with van der Waals surface area (Å²) in [5.41, 5.74) is 1.40. The van der Waals surface area contributed by atoms with Gasteiger partial charge in [0.15, 0.2) is 0 Å². The molecule has 1 atom stereocenters. The number of thiophene rings is 1. The van der Waals surface area contributed by atoms with Crippen molar-refractivity contribution in [2.24, 2.45) is 5.92 Å². The van der Waals surface area contributed by atoms with Gasteiger partial charge in [-0.3, -0.25) is 9.48 Å². The molecule has 1 N–H and O–H groups in total. The zero-order chi connectivity index (χ0) is 15.4. The van der Waals surface area contributed by atoms with Crippen LogP contribution < -0.4 is 5.32 Å². The van der Waals surface area contributed by atoms with Crippen molar-refractivity contribution in [3.8, 4) is 0 Å². The van der Waals surface area contributed by atoms with Crippen LogP contribution in [0.5, 0.6) is 0 Å². The van der Waals surface area contributed by atoms with E-state index in [0.29, 0.717) is 6.54 Å². The predicted molar refractivity (Wildman–Crippen MR) is 87.1 cm³/mol. The average Bonchev–Trinajstić information content (AvgIpc) is 3.19. The van der Waals surface area contributed by atoms with Crippen LogP contribution in [0, 0.1) is 5.92 Å². The molecule has 3 rings (SSSR count). The molecule has 0 saturated heterocycles. The van der Waals surface area contributed by atoms with Crippen LogP contribution in [-0.2, 0) is 19.4 Å². The van der Waals surface area contributed by atoms with Crippen molar-refractivity contribution in [2.45, 2.75) is 45.6 Å². The first kappa shape index (κ1) is 15.2.